The van der Waals surface area contributed by atoms with E-state index in [0.29, 0.717) is 6.04 Å². The molecular weight excluding hydrogens is 240 g/mol. The molecule has 1 rings (SSSR count). The van der Waals surface area contributed by atoms with Crippen molar-refractivity contribution >= 4 is 5.91 Å². The molecule has 1 N–H and O–H groups in total. The second-order valence-electron chi connectivity index (χ2n) is 5.30. The van der Waals surface area contributed by atoms with E-state index in [4.69, 9.17) is 4.74 Å². The molecule has 1 fully saturated rings. The molecule has 0 aromatic carbocycles. The van der Waals surface area contributed by atoms with Crippen LogP contribution in [0.5, 0.6) is 0 Å². The highest BCUT2D eigenvalue weighted by Gasteiger charge is 2.22. The first-order valence-corrected chi connectivity index (χ1v) is 7.83. The predicted octanol–water partition coefficient (Wildman–Crippen LogP) is 2.18. The van der Waals surface area contributed by atoms with Crippen LogP contribution in [0.15, 0.2) is 0 Å². The van der Waals surface area contributed by atoms with E-state index in [1.165, 1.54) is 19.3 Å². The first kappa shape index (κ1) is 16.4. The zero-order valence-corrected chi connectivity index (χ0v) is 12.8. The van der Waals surface area contributed by atoms with Gasteiger partial charge in [-0.15, -0.1) is 0 Å². The third-order valence-electron chi connectivity index (χ3n) is 3.92. The minimum atomic E-state index is 0.122. The van der Waals surface area contributed by atoms with E-state index in [1.54, 1.807) is 0 Å². The smallest absolute Gasteiger partial charge is 0.248 e. The molecule has 1 amide bonds. The van der Waals surface area contributed by atoms with Gasteiger partial charge in [-0.05, 0) is 52.5 Å². The van der Waals surface area contributed by atoms with E-state index in [2.05, 4.69) is 12.2 Å². The van der Waals surface area contributed by atoms with Gasteiger partial charge < -0.3 is 15.0 Å². The monoisotopic (exact) mass is 270 g/mol. The Balaban J connectivity index is 2.17. The van der Waals surface area contributed by atoms with Crippen LogP contribution >= 0.6 is 0 Å². The molecule has 0 heterocycles. The molecule has 0 unspecified atom stereocenters. The summed E-state index contributed by atoms with van der Waals surface area (Å²) in [5.74, 6) is 0.122. The van der Waals surface area contributed by atoms with E-state index < -0.39 is 0 Å². The quantitative estimate of drug-likeness (QED) is 0.735. The van der Waals surface area contributed by atoms with Crippen molar-refractivity contribution in [3.63, 3.8) is 0 Å². The Labute approximate surface area is 117 Å². The van der Waals surface area contributed by atoms with Crippen LogP contribution in [0.3, 0.4) is 0 Å². The zero-order chi connectivity index (χ0) is 14.1. The maximum atomic E-state index is 11.8. The second-order valence-corrected chi connectivity index (χ2v) is 5.30. The number of amides is 1. The van der Waals surface area contributed by atoms with Crippen molar-refractivity contribution in [1.82, 2.24) is 10.2 Å². The Morgan fingerprint density at radius 2 is 1.79 bits per heavy atom. The molecule has 4 heteroatoms. The highest BCUT2D eigenvalue weighted by atomic mass is 16.5. The van der Waals surface area contributed by atoms with Crippen molar-refractivity contribution in [2.75, 3.05) is 26.2 Å². The number of ether oxygens (including phenoxy) is 1. The van der Waals surface area contributed by atoms with E-state index in [1.807, 2.05) is 18.7 Å². The Kier molecular flexibility index (Phi) is 8.07. The van der Waals surface area contributed by atoms with E-state index >= 15 is 0 Å². The summed E-state index contributed by atoms with van der Waals surface area (Å²) in [6, 6.07) is 0.651. The normalized spacial score (nSPS) is 23.3. The van der Waals surface area contributed by atoms with Gasteiger partial charge in [-0.2, -0.15) is 0 Å². The number of carbonyl (C=O) groups excluding carboxylic acids is 1. The average molecular weight is 270 g/mol. The molecule has 4 nitrogen and oxygen atoms in total. The van der Waals surface area contributed by atoms with Crippen LogP contribution in [-0.2, 0) is 9.53 Å². The van der Waals surface area contributed by atoms with Crippen molar-refractivity contribution in [2.45, 2.75) is 65.0 Å². The van der Waals surface area contributed by atoms with Crippen molar-refractivity contribution in [3.8, 4) is 0 Å². The Morgan fingerprint density at radius 1 is 1.16 bits per heavy atom. The van der Waals surface area contributed by atoms with E-state index in [-0.39, 0.29) is 18.6 Å². The number of hydrogen-bond donors (Lipinski definition) is 1. The van der Waals surface area contributed by atoms with Crippen LogP contribution in [0, 0.1) is 0 Å². The van der Waals surface area contributed by atoms with Crippen molar-refractivity contribution in [3.05, 3.63) is 0 Å². The third-order valence-corrected chi connectivity index (χ3v) is 3.92. The van der Waals surface area contributed by atoms with Crippen molar-refractivity contribution in [2.24, 2.45) is 0 Å². The molecule has 1 aliphatic rings. The maximum Gasteiger partial charge on any atom is 0.248 e. The van der Waals surface area contributed by atoms with Gasteiger partial charge in [-0.3, -0.25) is 4.79 Å². The highest BCUT2D eigenvalue weighted by molar-refractivity contribution is 5.77. The summed E-state index contributed by atoms with van der Waals surface area (Å²) in [6.45, 7) is 9.10. The molecule has 0 aromatic heterocycles. The Morgan fingerprint density at radius 3 is 2.32 bits per heavy atom. The molecule has 1 aliphatic carbocycles. The molecule has 0 bridgehead atoms. The van der Waals surface area contributed by atoms with Gasteiger partial charge in [-0.25, -0.2) is 0 Å². The Hall–Kier alpha value is -0.610. The fourth-order valence-corrected chi connectivity index (χ4v) is 2.64. The van der Waals surface area contributed by atoms with Gasteiger partial charge in [0.2, 0.25) is 5.91 Å². The fourth-order valence-electron chi connectivity index (χ4n) is 2.64. The van der Waals surface area contributed by atoms with Crippen molar-refractivity contribution < 1.29 is 9.53 Å². The summed E-state index contributed by atoms with van der Waals surface area (Å²) in [4.78, 5) is 13.7. The number of carbonyl (C=O) groups is 1. The SMILES string of the molecule is CCCNC1CCC(OCC(=O)N(CC)CC)CC1. The lowest BCUT2D eigenvalue weighted by Crippen LogP contribution is -2.38. The van der Waals surface area contributed by atoms with Crippen LogP contribution in [0.4, 0.5) is 0 Å². The summed E-state index contributed by atoms with van der Waals surface area (Å²) >= 11 is 0. The number of nitrogens with one attached hydrogen (secondary N) is 1. The minimum absolute atomic E-state index is 0.122. The molecule has 112 valence electrons. The largest absolute Gasteiger partial charge is 0.368 e. The number of nitrogens with zero attached hydrogens (tertiary/aromatic N) is 1. The van der Waals surface area contributed by atoms with Gasteiger partial charge in [0.05, 0.1) is 6.10 Å². The minimum Gasteiger partial charge on any atom is -0.368 e. The van der Waals surface area contributed by atoms with Gasteiger partial charge >= 0.3 is 0 Å². The molecule has 0 saturated heterocycles. The molecule has 0 aliphatic heterocycles. The van der Waals surface area contributed by atoms with Crippen LogP contribution in [-0.4, -0.2) is 49.2 Å². The van der Waals surface area contributed by atoms with Gasteiger partial charge in [0.25, 0.3) is 0 Å². The summed E-state index contributed by atoms with van der Waals surface area (Å²) in [7, 11) is 0. The summed E-state index contributed by atoms with van der Waals surface area (Å²) in [6.07, 6.45) is 5.96. The van der Waals surface area contributed by atoms with Gasteiger partial charge in [0.15, 0.2) is 0 Å². The first-order valence-electron chi connectivity index (χ1n) is 7.83. The van der Waals surface area contributed by atoms with Gasteiger partial charge in [-0.1, -0.05) is 6.92 Å². The van der Waals surface area contributed by atoms with Crippen LogP contribution in [0.2, 0.25) is 0 Å². The molecule has 0 radical (unpaired) electrons. The lowest BCUT2D eigenvalue weighted by Gasteiger charge is -2.29. The van der Waals surface area contributed by atoms with Gasteiger partial charge in [0, 0.05) is 19.1 Å². The number of likely N-dealkylation sites (N-methyl/N-ethyl adjacent to an activating group) is 1. The topological polar surface area (TPSA) is 41.6 Å². The molecule has 1 saturated carbocycles. The van der Waals surface area contributed by atoms with E-state index in [0.717, 1.165) is 32.5 Å². The lowest BCUT2D eigenvalue weighted by atomic mass is 9.93. The maximum absolute atomic E-state index is 11.8. The molecule has 0 spiro atoms. The van der Waals surface area contributed by atoms with Crippen LogP contribution in [0.1, 0.15) is 52.9 Å². The second kappa shape index (κ2) is 9.32. The van der Waals surface area contributed by atoms with Crippen molar-refractivity contribution in [1.29, 1.82) is 0 Å². The molecule has 0 atom stereocenters. The van der Waals surface area contributed by atoms with E-state index in [9.17, 15) is 4.79 Å². The van der Waals surface area contributed by atoms with Gasteiger partial charge in [0.1, 0.15) is 6.61 Å². The van der Waals surface area contributed by atoms with Crippen LogP contribution < -0.4 is 5.32 Å². The first-order chi connectivity index (χ1) is 9.21. The third kappa shape index (κ3) is 5.91. The predicted molar refractivity (Wildman–Crippen MR) is 78.2 cm³/mol. The average Bonchev–Trinajstić information content (AvgIpc) is 2.45. The summed E-state index contributed by atoms with van der Waals surface area (Å²) in [5, 5.41) is 3.56. The molecular formula is C15H30N2O2. The summed E-state index contributed by atoms with van der Waals surface area (Å²) < 4.78 is 5.76. The number of rotatable bonds is 8. The molecule has 19 heavy (non-hydrogen) atoms. The molecule has 0 aromatic rings. The standard InChI is InChI=1S/C15H30N2O2/c1-4-11-16-13-7-9-14(10-8-13)19-12-15(18)17(5-2)6-3/h13-14,16H,4-12H2,1-3H3. The zero-order valence-electron chi connectivity index (χ0n) is 12.8. The lowest BCUT2D eigenvalue weighted by molar-refractivity contribution is -0.138. The number of hydrogen-bond acceptors (Lipinski definition) is 3. The van der Waals surface area contributed by atoms with Crippen LogP contribution in [0.25, 0.3) is 0 Å². The highest BCUT2D eigenvalue weighted by Crippen LogP contribution is 2.21. The Bertz CT molecular complexity index is 247. The summed E-state index contributed by atoms with van der Waals surface area (Å²) in [5.41, 5.74) is 0. The fraction of sp³-hybridized carbons (Fsp3) is 0.933.